The Balaban J connectivity index is 2.05. The lowest BCUT2D eigenvalue weighted by Crippen LogP contribution is -1.87. The fourth-order valence-corrected chi connectivity index (χ4v) is 3.20. The number of hydrogen-bond donors (Lipinski definition) is 0. The number of hydrogen-bond acceptors (Lipinski definition) is 2. The van der Waals surface area contributed by atoms with Crippen molar-refractivity contribution in [3.63, 3.8) is 0 Å². The first-order valence-corrected chi connectivity index (χ1v) is 7.36. The Morgan fingerprint density at radius 3 is 2.32 bits per heavy atom. The predicted octanol–water partition coefficient (Wildman–Crippen LogP) is 5.09. The normalized spacial score (nSPS) is 11.6. The second-order valence-corrected chi connectivity index (χ2v) is 5.55. The minimum Gasteiger partial charge on any atom is -0.256 e. The molecule has 0 aliphatic rings. The summed E-state index contributed by atoms with van der Waals surface area (Å²) in [7, 11) is 0. The maximum Gasteiger partial charge on any atom is 0.0796 e. The van der Waals surface area contributed by atoms with Crippen LogP contribution in [0.4, 0.5) is 0 Å². The van der Waals surface area contributed by atoms with Crippen molar-refractivity contribution in [1.29, 1.82) is 0 Å². The molecule has 0 radical (unpaired) electrons. The van der Waals surface area contributed by atoms with Gasteiger partial charge in [-0.05, 0) is 35.0 Å². The second kappa shape index (κ2) is 4.25. The molecule has 102 valence electrons. The SMILES string of the molecule is c1ccc2c(c1)ccc1nc3ccc4cccnc4c3cc12. The van der Waals surface area contributed by atoms with E-state index >= 15 is 0 Å². The topological polar surface area (TPSA) is 25.8 Å². The van der Waals surface area contributed by atoms with Crippen molar-refractivity contribution in [1.82, 2.24) is 9.97 Å². The van der Waals surface area contributed by atoms with Crippen LogP contribution in [0.2, 0.25) is 0 Å². The van der Waals surface area contributed by atoms with Gasteiger partial charge in [0.1, 0.15) is 0 Å². The lowest BCUT2D eigenvalue weighted by molar-refractivity contribution is 1.42. The summed E-state index contributed by atoms with van der Waals surface area (Å²) >= 11 is 0. The zero-order valence-electron chi connectivity index (χ0n) is 11.8. The van der Waals surface area contributed by atoms with E-state index in [1.54, 1.807) is 0 Å². The van der Waals surface area contributed by atoms with Crippen molar-refractivity contribution < 1.29 is 0 Å². The minimum absolute atomic E-state index is 0.994. The van der Waals surface area contributed by atoms with Crippen LogP contribution in [0.25, 0.3) is 43.5 Å². The van der Waals surface area contributed by atoms with E-state index in [0.29, 0.717) is 0 Å². The smallest absolute Gasteiger partial charge is 0.0796 e. The average molecular weight is 280 g/mol. The molecular weight excluding hydrogens is 268 g/mol. The summed E-state index contributed by atoms with van der Waals surface area (Å²) in [6.07, 6.45) is 1.84. The number of benzene rings is 3. The molecule has 5 rings (SSSR count). The monoisotopic (exact) mass is 280 g/mol. The van der Waals surface area contributed by atoms with Gasteiger partial charge in [0.05, 0.1) is 16.6 Å². The van der Waals surface area contributed by atoms with Crippen molar-refractivity contribution in [3.05, 3.63) is 72.9 Å². The fourth-order valence-electron chi connectivity index (χ4n) is 3.20. The van der Waals surface area contributed by atoms with E-state index < -0.39 is 0 Å². The highest BCUT2D eigenvalue weighted by atomic mass is 14.7. The van der Waals surface area contributed by atoms with E-state index in [2.05, 4.69) is 65.6 Å². The second-order valence-electron chi connectivity index (χ2n) is 5.55. The van der Waals surface area contributed by atoms with E-state index in [9.17, 15) is 0 Å². The van der Waals surface area contributed by atoms with Crippen molar-refractivity contribution in [2.75, 3.05) is 0 Å². The first-order valence-electron chi connectivity index (χ1n) is 7.36. The molecule has 0 atom stereocenters. The van der Waals surface area contributed by atoms with Gasteiger partial charge in [-0.3, -0.25) is 4.98 Å². The molecule has 0 saturated heterocycles. The molecule has 0 unspecified atom stereocenters. The summed E-state index contributed by atoms with van der Waals surface area (Å²) < 4.78 is 0. The number of nitrogens with zero attached hydrogens (tertiary/aromatic N) is 2. The van der Waals surface area contributed by atoms with Gasteiger partial charge in [-0.15, -0.1) is 0 Å². The lowest BCUT2D eigenvalue weighted by Gasteiger charge is -2.07. The molecule has 5 aromatic rings. The maximum absolute atomic E-state index is 4.84. The Labute approximate surface area is 127 Å². The zero-order chi connectivity index (χ0) is 14.5. The van der Waals surface area contributed by atoms with E-state index in [1.807, 2.05) is 12.3 Å². The van der Waals surface area contributed by atoms with Crippen LogP contribution in [-0.4, -0.2) is 9.97 Å². The van der Waals surface area contributed by atoms with Gasteiger partial charge in [0.15, 0.2) is 0 Å². The molecule has 0 bridgehead atoms. The van der Waals surface area contributed by atoms with Gasteiger partial charge in [-0.2, -0.15) is 0 Å². The van der Waals surface area contributed by atoms with Crippen molar-refractivity contribution in [2.24, 2.45) is 0 Å². The Morgan fingerprint density at radius 2 is 1.36 bits per heavy atom. The Kier molecular flexibility index (Phi) is 2.25. The summed E-state index contributed by atoms with van der Waals surface area (Å²) in [4.78, 5) is 9.39. The fraction of sp³-hybridized carbons (Fsp3) is 0. The van der Waals surface area contributed by atoms with Gasteiger partial charge in [0, 0.05) is 22.4 Å². The Morgan fingerprint density at radius 1 is 0.591 bits per heavy atom. The number of pyridine rings is 2. The number of fused-ring (bicyclic) bond motifs is 6. The summed E-state index contributed by atoms with van der Waals surface area (Å²) in [5.41, 5.74) is 3.04. The molecule has 3 aromatic carbocycles. The highest BCUT2D eigenvalue weighted by Gasteiger charge is 2.07. The lowest BCUT2D eigenvalue weighted by atomic mass is 10.0. The van der Waals surface area contributed by atoms with Crippen LogP contribution in [0.5, 0.6) is 0 Å². The maximum atomic E-state index is 4.84. The van der Waals surface area contributed by atoms with Crippen molar-refractivity contribution >= 4 is 43.5 Å². The van der Waals surface area contributed by atoms with Crippen LogP contribution in [0.1, 0.15) is 0 Å². The van der Waals surface area contributed by atoms with Crippen LogP contribution < -0.4 is 0 Å². The molecule has 0 aliphatic carbocycles. The van der Waals surface area contributed by atoms with E-state index in [1.165, 1.54) is 16.2 Å². The Hall–Kier alpha value is -3.00. The molecule has 2 aromatic heterocycles. The largest absolute Gasteiger partial charge is 0.256 e. The Bertz CT molecular complexity index is 1080. The molecule has 2 heteroatoms. The van der Waals surface area contributed by atoms with E-state index in [4.69, 9.17) is 4.98 Å². The third-order valence-corrected chi connectivity index (χ3v) is 4.27. The van der Waals surface area contributed by atoms with Gasteiger partial charge in [0.25, 0.3) is 0 Å². The van der Waals surface area contributed by atoms with Crippen LogP contribution in [0.3, 0.4) is 0 Å². The standard InChI is InChI=1S/C20H12N2/c1-2-6-15-13(4-1)7-9-18-16(15)12-17-19(22-18)10-8-14-5-3-11-21-20(14)17/h1-12H. The van der Waals surface area contributed by atoms with E-state index in [0.717, 1.165) is 27.3 Å². The van der Waals surface area contributed by atoms with Crippen molar-refractivity contribution in [3.8, 4) is 0 Å². The van der Waals surface area contributed by atoms with Gasteiger partial charge >= 0.3 is 0 Å². The summed E-state index contributed by atoms with van der Waals surface area (Å²) in [5, 5.41) is 5.92. The van der Waals surface area contributed by atoms with Crippen molar-refractivity contribution in [2.45, 2.75) is 0 Å². The van der Waals surface area contributed by atoms with E-state index in [-0.39, 0.29) is 0 Å². The van der Waals surface area contributed by atoms with Gasteiger partial charge < -0.3 is 0 Å². The third-order valence-electron chi connectivity index (χ3n) is 4.27. The molecule has 0 saturated carbocycles. The molecule has 0 spiro atoms. The molecular formula is C20H12N2. The molecule has 0 N–H and O–H groups in total. The van der Waals surface area contributed by atoms with Crippen LogP contribution in [0.15, 0.2) is 72.9 Å². The van der Waals surface area contributed by atoms with Gasteiger partial charge in [-0.1, -0.05) is 42.5 Å². The van der Waals surface area contributed by atoms with Gasteiger partial charge in [-0.25, -0.2) is 4.98 Å². The molecule has 2 heterocycles. The number of rotatable bonds is 0. The minimum atomic E-state index is 0.994. The summed E-state index contributed by atoms with van der Waals surface area (Å²) in [6, 6.07) is 23.1. The highest BCUT2D eigenvalue weighted by Crippen LogP contribution is 2.30. The number of aromatic nitrogens is 2. The van der Waals surface area contributed by atoms with Gasteiger partial charge in [0.2, 0.25) is 0 Å². The average Bonchev–Trinajstić information content (AvgIpc) is 2.60. The zero-order valence-corrected chi connectivity index (χ0v) is 11.8. The molecule has 0 aliphatic heterocycles. The highest BCUT2D eigenvalue weighted by molar-refractivity contribution is 6.13. The molecule has 0 fully saturated rings. The molecule has 22 heavy (non-hydrogen) atoms. The van der Waals surface area contributed by atoms with Crippen LogP contribution >= 0.6 is 0 Å². The first kappa shape index (κ1) is 11.6. The third kappa shape index (κ3) is 1.55. The predicted molar refractivity (Wildman–Crippen MR) is 92.1 cm³/mol. The first-order chi connectivity index (χ1) is 10.9. The summed E-state index contributed by atoms with van der Waals surface area (Å²) in [6.45, 7) is 0. The van der Waals surface area contributed by atoms with Crippen LogP contribution in [-0.2, 0) is 0 Å². The summed E-state index contributed by atoms with van der Waals surface area (Å²) in [5.74, 6) is 0. The van der Waals surface area contributed by atoms with Crippen LogP contribution in [0, 0.1) is 0 Å². The molecule has 0 amide bonds. The molecule has 2 nitrogen and oxygen atoms in total. The quantitative estimate of drug-likeness (QED) is 0.292.